The second-order valence-corrected chi connectivity index (χ2v) is 9.39. The molecule has 0 saturated carbocycles. The van der Waals surface area contributed by atoms with Crippen LogP contribution in [-0.2, 0) is 9.47 Å². The maximum Gasteiger partial charge on any atom is 0.0972 e. The van der Waals surface area contributed by atoms with Gasteiger partial charge in [0.2, 0.25) is 0 Å². The van der Waals surface area contributed by atoms with Gasteiger partial charge in [0.05, 0.1) is 58.9 Å². The zero-order valence-electron chi connectivity index (χ0n) is 23.4. The van der Waals surface area contributed by atoms with Crippen LogP contribution in [0.3, 0.4) is 0 Å². The van der Waals surface area contributed by atoms with E-state index in [2.05, 4.69) is 70.4 Å². The molecule has 0 fully saturated rings. The van der Waals surface area contributed by atoms with E-state index in [1.165, 1.54) is 5.57 Å². The van der Waals surface area contributed by atoms with E-state index in [-0.39, 0.29) is 6.04 Å². The molecular formula is C32H37N5O2. The monoisotopic (exact) mass is 523 g/mol. The number of hydrogen-bond acceptors (Lipinski definition) is 6. The molecule has 0 unspecified atom stereocenters. The molecule has 1 aliphatic heterocycles. The summed E-state index contributed by atoms with van der Waals surface area (Å²) in [5.41, 5.74) is 8.51. The normalized spacial score (nSPS) is 13.6. The number of nitrogens with one attached hydrogen (secondary N) is 1. The highest BCUT2D eigenvalue weighted by Gasteiger charge is 2.15. The number of hydrogen-bond donors (Lipinski definition) is 1. The van der Waals surface area contributed by atoms with Gasteiger partial charge in [0.15, 0.2) is 0 Å². The zero-order chi connectivity index (χ0) is 27.6. The van der Waals surface area contributed by atoms with Crippen LogP contribution in [0.4, 0.5) is 5.69 Å². The highest BCUT2D eigenvalue weighted by atomic mass is 16.5. The fourth-order valence-corrected chi connectivity index (χ4v) is 4.37. The maximum atomic E-state index is 5.30. The summed E-state index contributed by atoms with van der Waals surface area (Å²) in [5.74, 6) is 0. The van der Waals surface area contributed by atoms with Crippen LogP contribution >= 0.6 is 0 Å². The molecule has 5 rings (SSSR count). The van der Waals surface area contributed by atoms with Gasteiger partial charge in [0.1, 0.15) is 0 Å². The van der Waals surface area contributed by atoms with Crippen molar-refractivity contribution < 1.29 is 9.47 Å². The Morgan fingerprint density at radius 2 is 1.77 bits per heavy atom. The molecule has 1 N–H and O–H groups in total. The van der Waals surface area contributed by atoms with Crippen LogP contribution in [-0.4, -0.2) is 55.1 Å². The number of benzene rings is 2. The molecule has 2 aromatic rings. The third kappa shape index (κ3) is 7.28. The van der Waals surface area contributed by atoms with Crippen LogP contribution in [0, 0.1) is 6.92 Å². The van der Waals surface area contributed by atoms with E-state index in [1.54, 1.807) is 14.2 Å². The minimum atomic E-state index is -0.0526. The third-order valence-corrected chi connectivity index (χ3v) is 6.36. The van der Waals surface area contributed by atoms with E-state index >= 15 is 0 Å². The summed E-state index contributed by atoms with van der Waals surface area (Å²) < 4.78 is 12.9. The Kier molecular flexibility index (Phi) is 9.78. The van der Waals surface area contributed by atoms with E-state index in [0.717, 1.165) is 51.3 Å². The van der Waals surface area contributed by atoms with E-state index < -0.39 is 0 Å². The van der Waals surface area contributed by atoms with E-state index in [9.17, 15) is 0 Å². The Balaban J connectivity index is 0.000000333. The number of nitrogens with zero attached hydrogens (tertiary/aromatic N) is 4. The van der Waals surface area contributed by atoms with Gasteiger partial charge in [0, 0.05) is 32.7 Å². The van der Waals surface area contributed by atoms with Crippen LogP contribution in [0.5, 0.6) is 0 Å². The van der Waals surface area contributed by atoms with Crippen LogP contribution in [0.2, 0.25) is 0 Å². The van der Waals surface area contributed by atoms with E-state index in [1.807, 2.05) is 50.5 Å². The topological polar surface area (TPSA) is 73.6 Å². The minimum Gasteiger partial charge on any atom is -0.387 e. The summed E-state index contributed by atoms with van der Waals surface area (Å²) in [4.78, 5) is 13.8. The van der Waals surface area contributed by atoms with E-state index in [4.69, 9.17) is 19.5 Å². The highest BCUT2D eigenvalue weighted by molar-refractivity contribution is 5.86. The Labute approximate surface area is 230 Å². The van der Waals surface area contributed by atoms with Crippen molar-refractivity contribution in [2.75, 3.05) is 39.8 Å². The van der Waals surface area contributed by atoms with Crippen molar-refractivity contribution in [1.82, 2.24) is 14.5 Å². The van der Waals surface area contributed by atoms with Gasteiger partial charge in [-0.2, -0.15) is 0 Å². The number of rotatable bonds is 7. The number of methoxy groups -OCH3 is 2. The van der Waals surface area contributed by atoms with Gasteiger partial charge in [-0.05, 0) is 68.8 Å². The number of aromatic nitrogens is 3. The summed E-state index contributed by atoms with van der Waals surface area (Å²) in [6, 6.07) is 18.3. The molecule has 39 heavy (non-hydrogen) atoms. The lowest BCUT2D eigenvalue weighted by Crippen LogP contribution is -2.22. The maximum absolute atomic E-state index is 5.30. The Bertz CT molecular complexity index is 1510. The van der Waals surface area contributed by atoms with Crippen LogP contribution in [0.1, 0.15) is 19.0 Å². The molecule has 2 aliphatic carbocycles. The fourth-order valence-electron chi connectivity index (χ4n) is 4.37. The Morgan fingerprint density at radius 3 is 2.49 bits per heavy atom. The molecule has 0 spiro atoms. The summed E-state index contributed by atoms with van der Waals surface area (Å²) in [7, 11) is 5.25. The number of anilines is 1. The lowest BCUT2D eigenvalue weighted by molar-refractivity contribution is 0.118. The lowest BCUT2D eigenvalue weighted by Gasteiger charge is -2.19. The van der Waals surface area contributed by atoms with Crippen molar-refractivity contribution in [2.45, 2.75) is 26.3 Å². The van der Waals surface area contributed by atoms with Gasteiger partial charge in [-0.15, -0.1) is 0 Å². The van der Waals surface area contributed by atoms with Crippen molar-refractivity contribution in [3.8, 4) is 11.4 Å². The van der Waals surface area contributed by atoms with Crippen molar-refractivity contribution in [1.29, 1.82) is 0 Å². The van der Waals surface area contributed by atoms with Gasteiger partial charge in [-0.1, -0.05) is 35.9 Å². The van der Waals surface area contributed by atoms with Crippen LogP contribution in [0.25, 0.3) is 28.1 Å². The molecule has 1 aromatic heterocycles. The van der Waals surface area contributed by atoms with E-state index in [0.29, 0.717) is 13.2 Å². The molecule has 0 atom stereocenters. The minimum absolute atomic E-state index is 0.0526. The molecular weight excluding hydrogens is 486 g/mol. The number of allylic oxidation sites excluding steroid dienone is 6. The molecule has 7 nitrogen and oxygen atoms in total. The lowest BCUT2D eigenvalue weighted by atomic mass is 10.1. The smallest absolute Gasteiger partial charge is 0.0972 e. The van der Waals surface area contributed by atoms with Gasteiger partial charge in [-0.25, -0.2) is 4.98 Å². The third-order valence-electron chi connectivity index (χ3n) is 6.36. The molecule has 0 amide bonds. The number of para-hydroxylation sites is 2. The van der Waals surface area contributed by atoms with Gasteiger partial charge in [0.25, 0.3) is 0 Å². The summed E-state index contributed by atoms with van der Waals surface area (Å²) in [6.07, 6.45) is 11.5. The largest absolute Gasteiger partial charge is 0.387 e. The number of ether oxygens (including phenoxy) is 2. The predicted molar refractivity (Wildman–Crippen MR) is 160 cm³/mol. The Morgan fingerprint density at radius 1 is 0.974 bits per heavy atom. The molecule has 0 radical (unpaired) electrons. The second-order valence-electron chi connectivity index (χ2n) is 9.39. The predicted octanol–water partition coefficient (Wildman–Crippen LogP) is 5.88. The first-order chi connectivity index (χ1) is 19.0. The second kappa shape index (κ2) is 13.6. The van der Waals surface area contributed by atoms with Crippen molar-refractivity contribution in [3.05, 3.63) is 102 Å². The van der Waals surface area contributed by atoms with Gasteiger partial charge >= 0.3 is 0 Å². The first kappa shape index (κ1) is 28.0. The molecule has 3 aliphatic rings. The summed E-state index contributed by atoms with van der Waals surface area (Å²) in [6.45, 7) is 5.13. The first-order valence-electron chi connectivity index (χ1n) is 13.1. The number of fused-ring (bicyclic) bond motifs is 2. The van der Waals surface area contributed by atoms with Crippen molar-refractivity contribution in [3.63, 3.8) is 0 Å². The molecule has 202 valence electrons. The number of aryl methyl sites for hydroxylation is 1. The van der Waals surface area contributed by atoms with Crippen LogP contribution in [0.15, 0.2) is 95.7 Å². The van der Waals surface area contributed by atoms with Crippen molar-refractivity contribution in [2.24, 2.45) is 4.99 Å². The molecule has 0 bridgehead atoms. The average Bonchev–Trinajstić information content (AvgIpc) is 3.17. The Hall–Kier alpha value is -4.07. The quantitative estimate of drug-likeness (QED) is 0.306. The molecule has 0 saturated heterocycles. The average molecular weight is 524 g/mol. The molecule has 2 heterocycles. The van der Waals surface area contributed by atoms with Gasteiger partial charge in [-0.3, -0.25) is 9.98 Å². The van der Waals surface area contributed by atoms with Crippen LogP contribution < -0.4 is 10.7 Å². The molecule has 1 aromatic carbocycles. The first-order valence-corrected chi connectivity index (χ1v) is 13.1. The molecule has 7 heteroatoms. The van der Waals surface area contributed by atoms with Crippen molar-refractivity contribution >= 4 is 22.4 Å². The number of pyridine rings is 1. The van der Waals surface area contributed by atoms with Gasteiger partial charge < -0.3 is 19.4 Å². The SMILES string of the molecule is CNc1ccc(C)nc1.COCC(COC)N=c1ccc2nc3ccccc3n(C3=CCC=C(C)C=C3)c-2c1. The highest BCUT2D eigenvalue weighted by Crippen LogP contribution is 2.29. The zero-order valence-corrected chi connectivity index (χ0v) is 23.4. The fraction of sp³-hybridized carbons (Fsp3) is 0.281. The summed E-state index contributed by atoms with van der Waals surface area (Å²) in [5, 5.41) is 3.88. The standard InChI is InChI=1S/C25H27N3O2.C7H10N2/c1-18-7-6-8-21(13-11-18)28-24-10-5-4-9-22(24)27-23-14-12-19(15-25(23)28)26-20(16-29-2)17-30-3;1-6-3-4-7(8-2)5-9-6/h4-5,7-15,20H,6,16-17H2,1-3H3;3-5,8H,1-2H3. The summed E-state index contributed by atoms with van der Waals surface area (Å²) >= 11 is 0.